The number of hydrogen-bond acceptors (Lipinski definition) is 4. The van der Waals surface area contributed by atoms with Gasteiger partial charge in [0.25, 0.3) is 0 Å². The lowest BCUT2D eigenvalue weighted by molar-refractivity contribution is 0.339. The van der Waals surface area contributed by atoms with Crippen molar-refractivity contribution in [2.24, 2.45) is 0 Å². The van der Waals surface area contributed by atoms with Gasteiger partial charge in [-0.25, -0.2) is 0 Å². The molecule has 0 N–H and O–H groups in total. The topological polar surface area (TPSA) is 9.23 Å². The molecule has 0 saturated carbocycles. The maximum absolute atomic E-state index is 5.67. The molecule has 0 aliphatic heterocycles. The summed E-state index contributed by atoms with van der Waals surface area (Å²) >= 11 is 10.9. The van der Waals surface area contributed by atoms with Gasteiger partial charge < -0.3 is 4.74 Å². The molecular weight excluding hydrogens is 292 g/mol. The quantitative estimate of drug-likeness (QED) is 0.744. The Balaban J connectivity index is 2.51. The van der Waals surface area contributed by atoms with Crippen LogP contribution in [0.3, 0.4) is 0 Å². The zero-order valence-electron chi connectivity index (χ0n) is 10.9. The molecule has 2 aromatic rings. The van der Waals surface area contributed by atoms with Crippen LogP contribution in [0.15, 0.2) is 35.7 Å². The number of aryl methyl sites for hydroxylation is 1. The van der Waals surface area contributed by atoms with E-state index in [0.29, 0.717) is 6.61 Å². The Morgan fingerprint density at radius 2 is 2.00 bits per heavy atom. The number of ether oxygens (including phenoxy) is 1. The summed E-state index contributed by atoms with van der Waals surface area (Å²) in [6.07, 6.45) is 0. The average Bonchev–Trinajstić information content (AvgIpc) is 2.93. The van der Waals surface area contributed by atoms with Gasteiger partial charge in [-0.2, -0.15) is 0 Å². The van der Waals surface area contributed by atoms with E-state index >= 15 is 0 Å². The second-order valence-corrected chi connectivity index (χ2v) is 5.95. The lowest BCUT2D eigenvalue weighted by atomic mass is 10.1. The van der Waals surface area contributed by atoms with Crippen molar-refractivity contribution in [1.82, 2.24) is 0 Å². The highest BCUT2D eigenvalue weighted by Crippen LogP contribution is 2.38. The predicted octanol–water partition coefficient (Wildman–Crippen LogP) is 5.14. The van der Waals surface area contributed by atoms with E-state index in [2.05, 4.69) is 38.2 Å². The summed E-state index contributed by atoms with van der Waals surface area (Å²) in [6.45, 7) is 4.67. The largest absolute Gasteiger partial charge is 0.493 e. The highest BCUT2D eigenvalue weighted by atomic mass is 32.1. The molecule has 0 fully saturated rings. The van der Waals surface area contributed by atoms with Gasteiger partial charge in [-0.1, -0.05) is 17.7 Å². The summed E-state index contributed by atoms with van der Waals surface area (Å²) in [7, 11) is 0. The van der Waals surface area contributed by atoms with Crippen LogP contribution < -0.4 is 4.74 Å². The summed E-state index contributed by atoms with van der Waals surface area (Å²) < 4.78 is 5.67. The van der Waals surface area contributed by atoms with Crippen molar-refractivity contribution in [3.8, 4) is 5.75 Å². The molecule has 19 heavy (non-hydrogen) atoms. The van der Waals surface area contributed by atoms with Gasteiger partial charge in [-0.3, -0.25) is 0 Å². The van der Waals surface area contributed by atoms with Crippen LogP contribution in [0.5, 0.6) is 5.75 Å². The number of hydrogen-bond donors (Lipinski definition) is 2. The molecule has 1 heterocycles. The van der Waals surface area contributed by atoms with Crippen LogP contribution in [-0.4, -0.2) is 6.61 Å². The predicted molar refractivity (Wildman–Crippen MR) is 91.5 cm³/mol. The fraction of sp³-hybridized carbons (Fsp3) is 0.200. The molecule has 0 spiro atoms. The second kappa shape index (κ2) is 6.55. The average molecular weight is 308 g/mol. The van der Waals surface area contributed by atoms with Crippen molar-refractivity contribution >= 4 is 46.4 Å². The summed E-state index contributed by atoms with van der Waals surface area (Å²) in [5, 5.41) is 2.03. The molecule has 100 valence electrons. The second-order valence-electron chi connectivity index (χ2n) is 4.11. The van der Waals surface area contributed by atoms with Crippen molar-refractivity contribution in [1.29, 1.82) is 0 Å². The zero-order chi connectivity index (χ0) is 13.8. The standard InChI is InChI=1S/C15H16OS3/c1-3-16-12-7-6-10(2)9-11(12)14(17)15(18)13-5-4-8-19-13/h4-9,17-18H,3H2,1-2H3/b15-14-. The Morgan fingerprint density at radius 3 is 2.63 bits per heavy atom. The summed E-state index contributed by atoms with van der Waals surface area (Å²) in [6, 6.07) is 10.2. The molecule has 0 atom stereocenters. The number of thiophene rings is 1. The molecule has 0 aliphatic carbocycles. The van der Waals surface area contributed by atoms with Gasteiger partial charge in [0.1, 0.15) is 5.75 Å². The van der Waals surface area contributed by atoms with E-state index in [4.69, 9.17) is 4.74 Å². The molecular formula is C15H16OS3. The first kappa shape index (κ1) is 14.6. The minimum atomic E-state index is 0.637. The molecule has 0 amide bonds. The Hall–Kier alpha value is -0.840. The number of benzene rings is 1. The normalized spacial score (nSPS) is 12.2. The van der Waals surface area contributed by atoms with Crippen molar-refractivity contribution in [3.05, 3.63) is 51.7 Å². The van der Waals surface area contributed by atoms with Gasteiger partial charge >= 0.3 is 0 Å². The van der Waals surface area contributed by atoms with Crippen molar-refractivity contribution in [3.63, 3.8) is 0 Å². The molecule has 0 unspecified atom stereocenters. The molecule has 0 radical (unpaired) electrons. The molecule has 4 heteroatoms. The van der Waals surface area contributed by atoms with Gasteiger partial charge in [0.05, 0.1) is 6.61 Å². The van der Waals surface area contributed by atoms with Gasteiger partial charge in [0.2, 0.25) is 0 Å². The Bertz CT molecular complexity index is 585. The van der Waals surface area contributed by atoms with Gasteiger partial charge in [0, 0.05) is 20.3 Å². The highest BCUT2D eigenvalue weighted by Gasteiger charge is 2.11. The van der Waals surface area contributed by atoms with Crippen LogP contribution in [-0.2, 0) is 0 Å². The smallest absolute Gasteiger partial charge is 0.127 e. The molecule has 0 saturated heterocycles. The van der Waals surface area contributed by atoms with Crippen LogP contribution in [0.2, 0.25) is 0 Å². The van der Waals surface area contributed by atoms with E-state index in [1.165, 1.54) is 5.56 Å². The minimum Gasteiger partial charge on any atom is -0.493 e. The molecule has 2 rings (SSSR count). The van der Waals surface area contributed by atoms with E-state index in [0.717, 1.165) is 26.0 Å². The first-order valence-corrected chi connectivity index (χ1v) is 7.80. The van der Waals surface area contributed by atoms with Crippen molar-refractivity contribution < 1.29 is 4.74 Å². The number of thiol groups is 2. The van der Waals surface area contributed by atoms with E-state index in [1.54, 1.807) is 11.3 Å². The third-order valence-electron chi connectivity index (χ3n) is 2.67. The Kier molecular flexibility index (Phi) is 5.02. The first-order valence-electron chi connectivity index (χ1n) is 6.03. The third-order valence-corrected chi connectivity index (χ3v) is 4.81. The summed E-state index contributed by atoms with van der Waals surface area (Å²) in [4.78, 5) is 2.83. The lowest BCUT2D eigenvalue weighted by Gasteiger charge is -2.12. The third kappa shape index (κ3) is 3.38. The SMILES string of the molecule is CCOc1ccc(C)cc1/C(S)=C(/S)c1cccs1. The van der Waals surface area contributed by atoms with Crippen LogP contribution in [0, 0.1) is 6.92 Å². The van der Waals surface area contributed by atoms with E-state index in [-0.39, 0.29) is 0 Å². The van der Waals surface area contributed by atoms with E-state index < -0.39 is 0 Å². The van der Waals surface area contributed by atoms with Crippen LogP contribution in [0.4, 0.5) is 0 Å². The fourth-order valence-corrected chi connectivity index (χ4v) is 3.17. The minimum absolute atomic E-state index is 0.637. The molecule has 1 nitrogen and oxygen atoms in total. The lowest BCUT2D eigenvalue weighted by Crippen LogP contribution is -1.96. The maximum Gasteiger partial charge on any atom is 0.127 e. The summed E-state index contributed by atoms with van der Waals surface area (Å²) in [5.41, 5.74) is 2.17. The van der Waals surface area contributed by atoms with Gasteiger partial charge in [-0.15, -0.1) is 36.6 Å². The van der Waals surface area contributed by atoms with E-state index in [1.807, 2.05) is 36.6 Å². The molecule has 1 aromatic heterocycles. The Labute approximate surface area is 129 Å². The molecule has 1 aromatic carbocycles. The molecule has 0 aliphatic rings. The van der Waals surface area contributed by atoms with E-state index in [9.17, 15) is 0 Å². The fourth-order valence-electron chi connectivity index (χ4n) is 1.77. The van der Waals surface area contributed by atoms with Crippen LogP contribution >= 0.6 is 36.6 Å². The summed E-state index contributed by atoms with van der Waals surface area (Å²) in [5.74, 6) is 0.848. The zero-order valence-corrected chi connectivity index (χ0v) is 13.5. The van der Waals surface area contributed by atoms with Crippen molar-refractivity contribution in [2.45, 2.75) is 13.8 Å². The highest BCUT2D eigenvalue weighted by molar-refractivity contribution is 7.96. The van der Waals surface area contributed by atoms with Gasteiger partial charge in [0.15, 0.2) is 0 Å². The maximum atomic E-state index is 5.67. The van der Waals surface area contributed by atoms with Crippen LogP contribution in [0.25, 0.3) is 9.81 Å². The van der Waals surface area contributed by atoms with Crippen LogP contribution in [0.1, 0.15) is 22.9 Å². The molecule has 0 bridgehead atoms. The van der Waals surface area contributed by atoms with Crippen molar-refractivity contribution in [2.75, 3.05) is 6.61 Å². The monoisotopic (exact) mass is 308 g/mol. The van der Waals surface area contributed by atoms with Gasteiger partial charge in [-0.05, 0) is 37.4 Å². The number of rotatable bonds is 4. The first-order chi connectivity index (χ1) is 9.13. The Morgan fingerprint density at radius 1 is 1.21 bits per heavy atom.